The monoisotopic (exact) mass is 336 g/mol. The highest BCUT2D eigenvalue weighted by Gasteiger charge is 2.18. The Labute approximate surface area is 124 Å². The minimum Gasteiger partial charge on any atom is -0.467 e. The Morgan fingerprint density at radius 2 is 1.90 bits per heavy atom. The van der Waals surface area contributed by atoms with Crippen molar-refractivity contribution in [3.8, 4) is 11.3 Å². The molecule has 1 aromatic heterocycles. The number of hydrogen-bond donors (Lipinski definition) is 0. The zero-order valence-corrected chi connectivity index (χ0v) is 12.6. The lowest BCUT2D eigenvalue weighted by Gasteiger charge is -2.12. The van der Waals surface area contributed by atoms with Gasteiger partial charge in [0.1, 0.15) is 0 Å². The highest BCUT2D eigenvalue weighted by molar-refractivity contribution is 9.10. The van der Waals surface area contributed by atoms with Crippen molar-refractivity contribution in [3.05, 3.63) is 51.2 Å². The third kappa shape index (κ3) is 2.96. The second-order valence-electron chi connectivity index (χ2n) is 4.21. The highest BCUT2D eigenvalue weighted by atomic mass is 79.9. The van der Waals surface area contributed by atoms with Crippen LogP contribution >= 0.6 is 15.9 Å². The Kier molecular flexibility index (Phi) is 4.34. The van der Waals surface area contributed by atoms with E-state index in [4.69, 9.17) is 0 Å². The molecule has 2 aromatic rings. The fraction of sp³-hybridized carbons (Fsp3) is 0.214. The Balaban J connectivity index is 2.45. The Hall–Kier alpha value is -1.95. The Morgan fingerprint density at radius 3 is 2.50 bits per heavy atom. The summed E-state index contributed by atoms with van der Waals surface area (Å²) < 4.78 is 6.72. The lowest BCUT2D eigenvalue weighted by molar-refractivity contribution is -0.144. The van der Waals surface area contributed by atoms with Crippen LogP contribution in [0.1, 0.15) is 13.0 Å². The summed E-state index contributed by atoms with van der Waals surface area (Å²) in [5, 5.41) is 4.23. The molecule has 0 saturated carbocycles. The summed E-state index contributed by atoms with van der Waals surface area (Å²) in [5.41, 5.74) is 1.13. The summed E-state index contributed by atoms with van der Waals surface area (Å²) in [6.07, 6.45) is 0. The average Bonchev–Trinajstić information content (AvgIpc) is 2.47. The lowest BCUT2D eigenvalue weighted by atomic mass is 10.1. The average molecular weight is 337 g/mol. The summed E-state index contributed by atoms with van der Waals surface area (Å²) >= 11 is 3.36. The summed E-state index contributed by atoms with van der Waals surface area (Å²) in [6, 6.07) is 9.79. The molecule has 20 heavy (non-hydrogen) atoms. The molecule has 5 nitrogen and oxygen atoms in total. The van der Waals surface area contributed by atoms with Gasteiger partial charge in [0.05, 0.1) is 12.8 Å². The van der Waals surface area contributed by atoms with Crippen molar-refractivity contribution < 1.29 is 9.53 Å². The van der Waals surface area contributed by atoms with Crippen LogP contribution in [-0.2, 0) is 9.53 Å². The summed E-state index contributed by atoms with van der Waals surface area (Å²) in [7, 11) is 1.28. The van der Waals surface area contributed by atoms with Gasteiger partial charge in [0.25, 0.3) is 5.56 Å². The molecule has 0 aliphatic rings. The number of carbonyl (C=O) groups excluding carboxylic acids is 1. The molecule has 0 aliphatic heterocycles. The number of nitrogens with zero attached hydrogens (tertiary/aromatic N) is 2. The Bertz CT molecular complexity index is 680. The molecule has 0 fully saturated rings. The van der Waals surface area contributed by atoms with Crippen molar-refractivity contribution in [1.29, 1.82) is 0 Å². The molecule has 0 amide bonds. The molecule has 0 spiro atoms. The van der Waals surface area contributed by atoms with Crippen LogP contribution in [-0.4, -0.2) is 22.9 Å². The number of carbonyl (C=O) groups is 1. The first-order valence-corrected chi connectivity index (χ1v) is 6.76. The molecular weight excluding hydrogens is 324 g/mol. The molecule has 0 radical (unpaired) electrons. The van der Waals surface area contributed by atoms with Crippen LogP contribution in [0.15, 0.2) is 45.7 Å². The van der Waals surface area contributed by atoms with Gasteiger partial charge in [-0.1, -0.05) is 28.1 Å². The van der Waals surface area contributed by atoms with E-state index in [9.17, 15) is 9.59 Å². The van der Waals surface area contributed by atoms with Crippen LogP contribution in [0.2, 0.25) is 0 Å². The van der Waals surface area contributed by atoms with Gasteiger partial charge in [0, 0.05) is 16.1 Å². The van der Waals surface area contributed by atoms with Crippen LogP contribution in [0, 0.1) is 0 Å². The van der Waals surface area contributed by atoms with Crippen LogP contribution in [0.4, 0.5) is 0 Å². The third-order valence-corrected chi connectivity index (χ3v) is 3.40. The summed E-state index contributed by atoms with van der Waals surface area (Å²) in [5.74, 6) is -0.507. The predicted molar refractivity (Wildman–Crippen MR) is 78.4 cm³/mol. The maximum absolute atomic E-state index is 11.8. The number of esters is 1. The number of rotatable bonds is 3. The van der Waals surface area contributed by atoms with Crippen molar-refractivity contribution in [2.75, 3.05) is 7.11 Å². The van der Waals surface area contributed by atoms with Gasteiger partial charge < -0.3 is 4.74 Å². The molecule has 1 aromatic carbocycles. The SMILES string of the molecule is COC(=O)C(C)n1nc(-c2ccc(Br)cc2)ccc1=O. The number of benzene rings is 1. The fourth-order valence-electron chi connectivity index (χ4n) is 1.75. The molecule has 1 atom stereocenters. The van der Waals surface area contributed by atoms with E-state index in [1.54, 1.807) is 13.0 Å². The van der Waals surface area contributed by atoms with Crippen LogP contribution < -0.4 is 5.56 Å². The molecular formula is C14H13BrN2O3. The second kappa shape index (κ2) is 6.00. The van der Waals surface area contributed by atoms with E-state index in [0.717, 1.165) is 14.7 Å². The van der Waals surface area contributed by atoms with E-state index in [0.29, 0.717) is 5.69 Å². The van der Waals surface area contributed by atoms with Gasteiger partial charge in [-0.05, 0) is 25.1 Å². The van der Waals surface area contributed by atoms with Crippen LogP contribution in [0.5, 0.6) is 0 Å². The van der Waals surface area contributed by atoms with Gasteiger partial charge >= 0.3 is 5.97 Å². The maximum Gasteiger partial charge on any atom is 0.330 e. The van der Waals surface area contributed by atoms with Gasteiger partial charge in [0.2, 0.25) is 0 Å². The number of hydrogen-bond acceptors (Lipinski definition) is 4. The van der Waals surface area contributed by atoms with Crippen molar-refractivity contribution >= 4 is 21.9 Å². The van der Waals surface area contributed by atoms with Crippen molar-refractivity contribution in [2.45, 2.75) is 13.0 Å². The standard InChI is InChI=1S/C14H13BrN2O3/c1-9(14(19)20-2)17-13(18)8-7-12(16-17)10-3-5-11(15)6-4-10/h3-9H,1-2H3. The number of ether oxygens (including phenoxy) is 1. The normalized spacial score (nSPS) is 11.9. The molecule has 6 heteroatoms. The zero-order valence-electron chi connectivity index (χ0n) is 11.0. The molecule has 104 valence electrons. The Morgan fingerprint density at radius 1 is 1.25 bits per heavy atom. The maximum atomic E-state index is 11.8. The summed E-state index contributed by atoms with van der Waals surface area (Å²) in [4.78, 5) is 23.3. The quantitative estimate of drug-likeness (QED) is 0.807. The minimum absolute atomic E-state index is 0.344. The fourth-order valence-corrected chi connectivity index (χ4v) is 2.01. The smallest absolute Gasteiger partial charge is 0.330 e. The van der Waals surface area contributed by atoms with Crippen LogP contribution in [0.25, 0.3) is 11.3 Å². The van der Waals surface area contributed by atoms with Gasteiger partial charge in [-0.3, -0.25) is 4.79 Å². The third-order valence-electron chi connectivity index (χ3n) is 2.87. The van der Waals surface area contributed by atoms with Gasteiger partial charge in [0.15, 0.2) is 6.04 Å². The first kappa shape index (κ1) is 14.5. The first-order valence-electron chi connectivity index (χ1n) is 5.96. The summed E-state index contributed by atoms with van der Waals surface area (Å²) in [6.45, 7) is 1.57. The van der Waals surface area contributed by atoms with E-state index < -0.39 is 12.0 Å². The second-order valence-corrected chi connectivity index (χ2v) is 5.12. The molecule has 2 rings (SSSR count). The largest absolute Gasteiger partial charge is 0.467 e. The molecule has 1 heterocycles. The van der Waals surface area contributed by atoms with E-state index >= 15 is 0 Å². The first-order chi connectivity index (χ1) is 9.52. The van der Waals surface area contributed by atoms with Crippen molar-refractivity contribution in [1.82, 2.24) is 9.78 Å². The topological polar surface area (TPSA) is 61.2 Å². The predicted octanol–water partition coefficient (Wildman–Crippen LogP) is 2.41. The van der Waals surface area contributed by atoms with Crippen molar-refractivity contribution in [3.63, 3.8) is 0 Å². The van der Waals surface area contributed by atoms with E-state index in [-0.39, 0.29) is 5.56 Å². The molecule has 0 bridgehead atoms. The van der Waals surface area contributed by atoms with Gasteiger partial charge in [-0.2, -0.15) is 5.10 Å². The van der Waals surface area contributed by atoms with E-state index in [1.165, 1.54) is 13.2 Å². The van der Waals surface area contributed by atoms with E-state index in [1.807, 2.05) is 24.3 Å². The molecule has 0 N–H and O–H groups in total. The highest BCUT2D eigenvalue weighted by Crippen LogP contribution is 2.19. The van der Waals surface area contributed by atoms with Gasteiger partial charge in [-0.25, -0.2) is 9.48 Å². The number of aromatic nitrogens is 2. The van der Waals surface area contributed by atoms with E-state index in [2.05, 4.69) is 25.8 Å². The van der Waals surface area contributed by atoms with Crippen molar-refractivity contribution in [2.24, 2.45) is 0 Å². The molecule has 1 unspecified atom stereocenters. The number of halogens is 1. The lowest BCUT2D eigenvalue weighted by Crippen LogP contribution is -2.30. The minimum atomic E-state index is -0.761. The van der Waals surface area contributed by atoms with Gasteiger partial charge in [-0.15, -0.1) is 0 Å². The number of methoxy groups -OCH3 is 1. The molecule has 0 aliphatic carbocycles. The van der Waals surface area contributed by atoms with Crippen LogP contribution in [0.3, 0.4) is 0 Å². The zero-order chi connectivity index (χ0) is 14.7. The molecule has 0 saturated heterocycles.